The van der Waals surface area contributed by atoms with Crippen LogP contribution in [0.3, 0.4) is 0 Å². The first-order chi connectivity index (χ1) is 13.6. The molecule has 3 aromatic rings. The Labute approximate surface area is 162 Å². The highest BCUT2D eigenvalue weighted by atomic mass is 16.5. The fraction of sp³-hybridized carbons (Fsp3) is 0.200. The van der Waals surface area contributed by atoms with Crippen molar-refractivity contribution in [2.45, 2.75) is 0 Å². The largest absolute Gasteiger partial charge is 0.497 e. The number of carbonyl (C=O) groups excluding carboxylic acids is 1. The molecular weight excluding hydrogens is 362 g/mol. The lowest BCUT2D eigenvalue weighted by molar-refractivity contribution is 0.102. The van der Waals surface area contributed by atoms with Crippen LogP contribution in [0.2, 0.25) is 0 Å². The zero-order chi connectivity index (χ0) is 20.1. The highest BCUT2D eigenvalue weighted by molar-refractivity contribution is 6.03. The van der Waals surface area contributed by atoms with Crippen LogP contribution < -0.4 is 24.3 Å². The van der Waals surface area contributed by atoms with Crippen molar-refractivity contribution in [3.8, 4) is 34.3 Å². The maximum Gasteiger partial charge on any atom is 0.273 e. The number of benzene rings is 2. The Morgan fingerprint density at radius 3 is 2.25 bits per heavy atom. The minimum absolute atomic E-state index is 0.312. The topological polar surface area (TPSA) is 94.7 Å². The molecule has 0 bridgehead atoms. The summed E-state index contributed by atoms with van der Waals surface area (Å²) in [4.78, 5) is 12.6. The Morgan fingerprint density at radius 2 is 1.64 bits per heavy atom. The summed E-state index contributed by atoms with van der Waals surface area (Å²) in [5.74, 6) is 1.70. The molecule has 0 saturated carbocycles. The summed E-state index contributed by atoms with van der Waals surface area (Å²) in [5.41, 5.74) is 2.28. The number of carbonyl (C=O) groups is 1. The third-order valence-corrected chi connectivity index (χ3v) is 4.11. The standard InChI is InChI=1S/C20H21N3O5/c1-25-14-7-5-6-12(8-14)15-11-16(23-22-15)20(24)21-13-9-17(26-2)19(28-4)18(10-13)27-3/h5-11H,1-4H3,(H,21,24)(H,22,23). The van der Waals surface area contributed by atoms with Crippen LogP contribution >= 0.6 is 0 Å². The van der Waals surface area contributed by atoms with E-state index >= 15 is 0 Å². The second-order valence-corrected chi connectivity index (χ2v) is 5.77. The average molecular weight is 383 g/mol. The molecule has 0 radical (unpaired) electrons. The number of rotatable bonds is 7. The van der Waals surface area contributed by atoms with E-state index in [1.54, 1.807) is 25.3 Å². The highest BCUT2D eigenvalue weighted by Gasteiger charge is 2.16. The third kappa shape index (κ3) is 3.85. The van der Waals surface area contributed by atoms with Crippen molar-refractivity contribution >= 4 is 11.6 Å². The number of amides is 1. The minimum Gasteiger partial charge on any atom is -0.497 e. The Bertz CT molecular complexity index is 958. The van der Waals surface area contributed by atoms with E-state index in [9.17, 15) is 4.79 Å². The molecule has 146 valence electrons. The molecule has 3 rings (SSSR count). The number of H-pyrrole nitrogens is 1. The van der Waals surface area contributed by atoms with Gasteiger partial charge < -0.3 is 24.3 Å². The first-order valence-corrected chi connectivity index (χ1v) is 8.40. The van der Waals surface area contributed by atoms with Crippen molar-refractivity contribution in [1.29, 1.82) is 0 Å². The fourth-order valence-electron chi connectivity index (χ4n) is 2.72. The van der Waals surface area contributed by atoms with E-state index < -0.39 is 0 Å². The molecule has 2 N–H and O–H groups in total. The van der Waals surface area contributed by atoms with Gasteiger partial charge in [-0.1, -0.05) is 12.1 Å². The Morgan fingerprint density at radius 1 is 0.929 bits per heavy atom. The lowest BCUT2D eigenvalue weighted by atomic mass is 10.1. The van der Waals surface area contributed by atoms with Crippen LogP contribution in [-0.4, -0.2) is 44.5 Å². The molecule has 1 amide bonds. The molecule has 28 heavy (non-hydrogen) atoms. The summed E-state index contributed by atoms with van der Waals surface area (Å²) in [6.07, 6.45) is 0. The predicted molar refractivity (Wildman–Crippen MR) is 105 cm³/mol. The van der Waals surface area contributed by atoms with Gasteiger partial charge in [-0.15, -0.1) is 0 Å². The number of hydrogen-bond donors (Lipinski definition) is 2. The van der Waals surface area contributed by atoms with Crippen LogP contribution in [0.5, 0.6) is 23.0 Å². The molecule has 0 saturated heterocycles. The van der Waals surface area contributed by atoms with Gasteiger partial charge >= 0.3 is 0 Å². The van der Waals surface area contributed by atoms with Crippen molar-refractivity contribution in [2.24, 2.45) is 0 Å². The monoisotopic (exact) mass is 383 g/mol. The van der Waals surface area contributed by atoms with Gasteiger partial charge in [0.2, 0.25) is 5.75 Å². The van der Waals surface area contributed by atoms with Crippen LogP contribution in [0.4, 0.5) is 5.69 Å². The minimum atomic E-state index is -0.351. The molecule has 0 aliphatic carbocycles. The van der Waals surface area contributed by atoms with Gasteiger partial charge in [0, 0.05) is 23.4 Å². The molecule has 0 fully saturated rings. The van der Waals surface area contributed by atoms with E-state index in [1.165, 1.54) is 21.3 Å². The van der Waals surface area contributed by atoms with Crippen molar-refractivity contribution in [2.75, 3.05) is 33.8 Å². The van der Waals surface area contributed by atoms with Gasteiger partial charge in [0.1, 0.15) is 11.4 Å². The van der Waals surface area contributed by atoms with Gasteiger partial charge in [-0.3, -0.25) is 9.89 Å². The van der Waals surface area contributed by atoms with E-state index in [4.69, 9.17) is 18.9 Å². The summed E-state index contributed by atoms with van der Waals surface area (Å²) in [6, 6.07) is 12.4. The number of hydrogen-bond acceptors (Lipinski definition) is 6. The number of aromatic nitrogens is 2. The first kappa shape index (κ1) is 19.1. The average Bonchev–Trinajstić information content (AvgIpc) is 3.23. The van der Waals surface area contributed by atoms with Gasteiger partial charge in [-0.05, 0) is 18.2 Å². The molecule has 0 unspecified atom stereocenters. The van der Waals surface area contributed by atoms with E-state index in [1.807, 2.05) is 24.3 Å². The molecule has 0 spiro atoms. The highest BCUT2D eigenvalue weighted by Crippen LogP contribution is 2.40. The molecule has 1 aromatic heterocycles. The summed E-state index contributed by atoms with van der Waals surface area (Å²) in [7, 11) is 6.14. The smallest absolute Gasteiger partial charge is 0.273 e. The number of aromatic amines is 1. The maximum atomic E-state index is 12.6. The van der Waals surface area contributed by atoms with Crippen molar-refractivity contribution in [3.05, 3.63) is 48.2 Å². The predicted octanol–water partition coefficient (Wildman–Crippen LogP) is 3.36. The van der Waals surface area contributed by atoms with Crippen LogP contribution in [0.25, 0.3) is 11.3 Å². The lowest BCUT2D eigenvalue weighted by Crippen LogP contribution is -2.12. The van der Waals surface area contributed by atoms with Crippen molar-refractivity contribution in [1.82, 2.24) is 10.2 Å². The van der Waals surface area contributed by atoms with Crippen LogP contribution in [0.15, 0.2) is 42.5 Å². The Balaban J connectivity index is 1.83. The van der Waals surface area contributed by atoms with Crippen LogP contribution in [0.1, 0.15) is 10.5 Å². The van der Waals surface area contributed by atoms with Gasteiger partial charge in [0.05, 0.1) is 34.1 Å². The van der Waals surface area contributed by atoms with E-state index in [0.29, 0.717) is 40.1 Å². The maximum absolute atomic E-state index is 12.6. The second kappa shape index (κ2) is 8.34. The normalized spacial score (nSPS) is 10.3. The molecule has 2 aromatic carbocycles. The molecule has 1 heterocycles. The Hall–Kier alpha value is -3.68. The molecular formula is C20H21N3O5. The summed E-state index contributed by atoms with van der Waals surface area (Å²) < 4.78 is 21.1. The second-order valence-electron chi connectivity index (χ2n) is 5.77. The molecule has 8 nitrogen and oxygen atoms in total. The summed E-state index contributed by atoms with van der Waals surface area (Å²) in [5, 5.41) is 9.76. The van der Waals surface area contributed by atoms with E-state index in [-0.39, 0.29) is 5.91 Å². The van der Waals surface area contributed by atoms with Crippen molar-refractivity contribution < 1.29 is 23.7 Å². The number of anilines is 1. The number of methoxy groups -OCH3 is 4. The van der Waals surface area contributed by atoms with Gasteiger partial charge in [-0.25, -0.2) is 0 Å². The van der Waals surface area contributed by atoms with Gasteiger partial charge in [0.25, 0.3) is 5.91 Å². The van der Waals surface area contributed by atoms with Gasteiger partial charge in [0.15, 0.2) is 11.5 Å². The third-order valence-electron chi connectivity index (χ3n) is 4.11. The first-order valence-electron chi connectivity index (χ1n) is 8.40. The van der Waals surface area contributed by atoms with E-state index in [0.717, 1.165) is 5.56 Å². The fourth-order valence-corrected chi connectivity index (χ4v) is 2.72. The quantitative estimate of drug-likeness (QED) is 0.650. The number of ether oxygens (including phenoxy) is 4. The lowest BCUT2D eigenvalue weighted by Gasteiger charge is -2.14. The van der Waals surface area contributed by atoms with E-state index in [2.05, 4.69) is 15.5 Å². The summed E-state index contributed by atoms with van der Waals surface area (Å²) >= 11 is 0. The zero-order valence-electron chi connectivity index (χ0n) is 16.0. The number of nitrogens with one attached hydrogen (secondary N) is 2. The van der Waals surface area contributed by atoms with Crippen LogP contribution in [0, 0.1) is 0 Å². The molecule has 0 atom stereocenters. The molecule has 0 aliphatic rings. The summed E-state index contributed by atoms with van der Waals surface area (Å²) in [6.45, 7) is 0. The van der Waals surface area contributed by atoms with Gasteiger partial charge in [-0.2, -0.15) is 5.10 Å². The molecule has 8 heteroatoms. The van der Waals surface area contributed by atoms with Crippen molar-refractivity contribution in [3.63, 3.8) is 0 Å². The molecule has 0 aliphatic heterocycles. The zero-order valence-corrected chi connectivity index (χ0v) is 16.0. The Kier molecular flexibility index (Phi) is 5.69. The number of nitrogens with zero attached hydrogens (tertiary/aromatic N) is 1. The SMILES string of the molecule is COc1cccc(-c2cc(C(=O)Nc3cc(OC)c(OC)c(OC)c3)[nH]n2)c1. The van der Waals surface area contributed by atoms with Crippen LogP contribution in [-0.2, 0) is 0 Å².